The van der Waals surface area contributed by atoms with Gasteiger partial charge in [-0.2, -0.15) is 0 Å². The zero-order valence-electron chi connectivity index (χ0n) is 33.2. The Bertz CT molecular complexity index is 889. The highest BCUT2D eigenvalue weighted by Crippen LogP contribution is 2.38. The first kappa shape index (κ1) is 50.1. The number of quaternary nitrogens is 1. The lowest BCUT2D eigenvalue weighted by molar-refractivity contribution is -0.858. The van der Waals surface area contributed by atoms with E-state index in [2.05, 4.69) is 6.92 Å². The van der Waals surface area contributed by atoms with Gasteiger partial charge in [-0.15, -0.1) is 0 Å². The highest BCUT2D eigenvalue weighted by atomic mass is 16.7. The van der Waals surface area contributed by atoms with E-state index in [4.69, 9.17) is 23.7 Å². The number of carbonyl (C=O) groups is 4. The molecule has 0 fully saturated rings. The van der Waals surface area contributed by atoms with Crippen LogP contribution in [-0.2, 0) is 42.9 Å². The van der Waals surface area contributed by atoms with E-state index < -0.39 is 22.2 Å². The van der Waals surface area contributed by atoms with Gasteiger partial charge >= 0.3 is 17.9 Å². The molecular weight excluding hydrogens is 618 g/mol. The molecule has 48 heavy (non-hydrogen) atoms. The van der Waals surface area contributed by atoms with Gasteiger partial charge in [0, 0.05) is 18.0 Å². The van der Waals surface area contributed by atoms with Crippen molar-refractivity contribution in [3.05, 3.63) is 0 Å². The van der Waals surface area contributed by atoms with Crippen molar-refractivity contribution in [2.24, 2.45) is 21.7 Å². The molecule has 0 rings (SSSR count). The van der Waals surface area contributed by atoms with Crippen LogP contribution in [0.1, 0.15) is 134 Å². The minimum Gasteiger partial charge on any atom is -0.550 e. The Balaban J connectivity index is -0.000000755. The first-order valence-electron chi connectivity index (χ1n) is 17.9. The summed E-state index contributed by atoms with van der Waals surface area (Å²) in [4.78, 5) is 48.0. The molecule has 0 bridgehead atoms. The number of nitrogens with one attached hydrogen (secondary N) is 1. The van der Waals surface area contributed by atoms with Crippen molar-refractivity contribution >= 4 is 23.9 Å². The monoisotopic (exact) mass is 692 g/mol. The van der Waals surface area contributed by atoms with Crippen LogP contribution >= 0.6 is 0 Å². The molecule has 0 aromatic rings. The average Bonchev–Trinajstić information content (AvgIpc) is 3.02. The molecule has 286 valence electrons. The topological polar surface area (TPSA) is 142 Å². The van der Waals surface area contributed by atoms with Gasteiger partial charge in [0.15, 0.2) is 6.79 Å². The molecule has 2 atom stereocenters. The molecule has 0 aromatic carbocycles. The summed E-state index contributed by atoms with van der Waals surface area (Å²) in [6.07, 6.45) is 6.04. The van der Waals surface area contributed by atoms with Gasteiger partial charge in [0.1, 0.15) is 13.2 Å². The molecule has 11 heteroatoms. The molecule has 0 amide bonds. The number of rotatable bonds is 23. The molecule has 0 saturated heterocycles. The highest BCUT2D eigenvalue weighted by Gasteiger charge is 2.43. The zero-order valence-corrected chi connectivity index (χ0v) is 33.2. The predicted octanol–water partition coefficient (Wildman–Crippen LogP) is 4.78. The fraction of sp³-hybridized carbons (Fsp3) is 0.892. The number of hydrogen-bond donors (Lipinski definition) is 1. The van der Waals surface area contributed by atoms with Crippen LogP contribution in [0.15, 0.2) is 0 Å². The SMILES string of the molecule is CCCC(C)(CC)C(=O)[O-].CCCCOC(=O)C(C)(C)CC.CCOCCOCOC(=O)C(C)(CC)CC(C)(C)C(=O)OCC[NH+](C)C. The van der Waals surface area contributed by atoms with E-state index in [1.807, 2.05) is 69.5 Å². The summed E-state index contributed by atoms with van der Waals surface area (Å²) in [5.41, 5.74) is -2.47. The van der Waals surface area contributed by atoms with Gasteiger partial charge in [-0.05, 0) is 80.1 Å². The van der Waals surface area contributed by atoms with Gasteiger partial charge < -0.3 is 38.5 Å². The van der Waals surface area contributed by atoms with E-state index in [1.54, 1.807) is 20.8 Å². The Morgan fingerprint density at radius 1 is 0.604 bits per heavy atom. The lowest BCUT2D eigenvalue weighted by Crippen LogP contribution is -3.06. The summed E-state index contributed by atoms with van der Waals surface area (Å²) in [5.74, 6) is -1.65. The molecular formula is C37H73NO10. The van der Waals surface area contributed by atoms with E-state index in [9.17, 15) is 24.3 Å². The number of carbonyl (C=O) groups excluding carboxylic acids is 4. The van der Waals surface area contributed by atoms with Crippen LogP contribution in [0.2, 0.25) is 0 Å². The molecule has 0 aliphatic rings. The van der Waals surface area contributed by atoms with Crippen LogP contribution in [-0.4, -0.2) is 84.3 Å². The van der Waals surface area contributed by atoms with Crippen molar-refractivity contribution in [3.63, 3.8) is 0 Å². The Morgan fingerprint density at radius 3 is 1.54 bits per heavy atom. The molecule has 0 heterocycles. The molecule has 0 spiro atoms. The van der Waals surface area contributed by atoms with Gasteiger partial charge in [-0.3, -0.25) is 14.4 Å². The number of carboxylic acids is 1. The Hall–Kier alpha value is -2.24. The second kappa shape index (κ2) is 26.6. The van der Waals surface area contributed by atoms with E-state index in [-0.39, 0.29) is 30.1 Å². The number of hydrogen-bond acceptors (Lipinski definition) is 10. The molecule has 0 aliphatic heterocycles. The smallest absolute Gasteiger partial charge is 0.313 e. The van der Waals surface area contributed by atoms with Crippen LogP contribution in [0.5, 0.6) is 0 Å². The maximum Gasteiger partial charge on any atom is 0.313 e. The normalized spacial score (nSPS) is 13.9. The third-order valence-electron chi connectivity index (χ3n) is 8.58. The molecule has 1 N–H and O–H groups in total. The van der Waals surface area contributed by atoms with Gasteiger partial charge in [0.25, 0.3) is 0 Å². The van der Waals surface area contributed by atoms with E-state index >= 15 is 0 Å². The third-order valence-corrected chi connectivity index (χ3v) is 8.58. The van der Waals surface area contributed by atoms with Gasteiger partial charge in [0.05, 0.1) is 50.2 Å². The first-order chi connectivity index (χ1) is 22.2. The minimum absolute atomic E-state index is 0.0709. The van der Waals surface area contributed by atoms with E-state index in [1.165, 1.54) is 4.90 Å². The fourth-order valence-electron chi connectivity index (χ4n) is 4.15. The zero-order chi connectivity index (χ0) is 38.0. The molecule has 0 radical (unpaired) electrons. The van der Waals surface area contributed by atoms with Crippen LogP contribution in [0.4, 0.5) is 0 Å². The van der Waals surface area contributed by atoms with E-state index in [0.717, 1.165) is 32.2 Å². The molecule has 0 aromatic heterocycles. The number of aliphatic carboxylic acids is 1. The van der Waals surface area contributed by atoms with E-state index in [0.29, 0.717) is 58.7 Å². The lowest BCUT2D eigenvalue weighted by Gasteiger charge is -2.33. The van der Waals surface area contributed by atoms with Gasteiger partial charge in [-0.25, -0.2) is 0 Å². The predicted molar refractivity (Wildman–Crippen MR) is 187 cm³/mol. The maximum atomic E-state index is 12.5. The summed E-state index contributed by atoms with van der Waals surface area (Å²) in [6, 6.07) is 0. The molecule has 2 unspecified atom stereocenters. The third kappa shape index (κ3) is 22.4. The van der Waals surface area contributed by atoms with Crippen molar-refractivity contribution < 1.29 is 52.9 Å². The second-order valence-electron chi connectivity index (χ2n) is 14.4. The quantitative estimate of drug-likeness (QED) is 0.0689. The number of ether oxygens (including phenoxy) is 5. The van der Waals surface area contributed by atoms with Crippen LogP contribution in [0, 0.1) is 21.7 Å². The molecule has 0 saturated carbocycles. The molecule has 11 nitrogen and oxygen atoms in total. The number of unbranched alkanes of at least 4 members (excludes halogenated alkanes) is 1. The maximum absolute atomic E-state index is 12.5. The summed E-state index contributed by atoms with van der Waals surface area (Å²) < 4.78 is 26.1. The van der Waals surface area contributed by atoms with Crippen molar-refractivity contribution in [3.8, 4) is 0 Å². The number of likely N-dealkylation sites (N-methyl/N-ethyl adjacent to an activating group) is 1. The summed E-state index contributed by atoms with van der Waals surface area (Å²) >= 11 is 0. The van der Waals surface area contributed by atoms with Crippen LogP contribution in [0.25, 0.3) is 0 Å². The number of esters is 3. The summed E-state index contributed by atoms with van der Waals surface area (Å²) in [5, 5.41) is 10.5. The standard InChI is InChI=1S/C19H37NO6.C10H20O2.C8H16O2/c1-8-19(5,17(22)26-15-24-13-12-23-9-2)14-18(3,4)16(21)25-11-10-20(6)7;1-5-7-8-12-9(11)10(3,4)6-2;1-4-6-8(3,5-2)7(9)10/h8-15H2,1-7H3;5-8H2,1-4H3;4-6H2,1-3H3,(H,9,10). The van der Waals surface area contributed by atoms with Crippen LogP contribution < -0.4 is 10.0 Å². The van der Waals surface area contributed by atoms with Crippen molar-refractivity contribution in [2.45, 2.75) is 134 Å². The summed E-state index contributed by atoms with van der Waals surface area (Å²) in [6.45, 7) is 25.8. The highest BCUT2D eigenvalue weighted by molar-refractivity contribution is 5.80. The van der Waals surface area contributed by atoms with Crippen LogP contribution in [0.3, 0.4) is 0 Å². The average molecular weight is 692 g/mol. The Morgan fingerprint density at radius 2 is 1.12 bits per heavy atom. The minimum atomic E-state index is -0.920. The van der Waals surface area contributed by atoms with Gasteiger partial charge in [0.2, 0.25) is 0 Å². The fourth-order valence-corrected chi connectivity index (χ4v) is 4.15. The lowest BCUT2D eigenvalue weighted by atomic mass is 9.72. The first-order valence-corrected chi connectivity index (χ1v) is 17.9. The molecule has 0 aliphatic carbocycles. The summed E-state index contributed by atoms with van der Waals surface area (Å²) in [7, 11) is 4.00. The van der Waals surface area contributed by atoms with Gasteiger partial charge in [-0.1, -0.05) is 54.4 Å². The van der Waals surface area contributed by atoms with Crippen molar-refractivity contribution in [1.82, 2.24) is 0 Å². The van der Waals surface area contributed by atoms with Crippen molar-refractivity contribution in [1.29, 1.82) is 0 Å². The Labute approximate surface area is 293 Å². The van der Waals surface area contributed by atoms with Crippen molar-refractivity contribution in [2.75, 3.05) is 60.5 Å². The Kier molecular flexibility index (Phi) is 27.8. The largest absolute Gasteiger partial charge is 0.550 e. The number of carboxylic acid groups (broad SMARTS) is 1. The second-order valence-corrected chi connectivity index (χ2v) is 14.4.